The van der Waals surface area contributed by atoms with Crippen LogP contribution >= 0.6 is 0 Å². The van der Waals surface area contributed by atoms with Gasteiger partial charge in [0.05, 0.1) is 16.7 Å². The molecule has 5 nitrogen and oxygen atoms in total. The van der Waals surface area contributed by atoms with E-state index in [1.54, 1.807) is 0 Å². The van der Waals surface area contributed by atoms with Gasteiger partial charge in [0.15, 0.2) is 0 Å². The van der Waals surface area contributed by atoms with Gasteiger partial charge in [0.25, 0.3) is 6.33 Å². The van der Waals surface area contributed by atoms with Gasteiger partial charge < -0.3 is 13.9 Å². The fraction of sp³-hybridized carbons (Fsp3) is 0.200. The minimum Gasteiger partial charge on any atom is -0.510 e. The van der Waals surface area contributed by atoms with Crippen LogP contribution in [0.3, 0.4) is 0 Å². The molecule has 66 heavy (non-hydrogen) atoms. The van der Waals surface area contributed by atoms with E-state index in [1.807, 2.05) is 18.3 Å². The summed E-state index contributed by atoms with van der Waals surface area (Å²) >= 11 is 0. The molecule has 0 saturated carbocycles. The van der Waals surface area contributed by atoms with Gasteiger partial charge in [0.1, 0.15) is 5.82 Å². The maximum Gasteiger partial charge on any atom is 0.268 e. The summed E-state index contributed by atoms with van der Waals surface area (Å²) in [6.07, 6.45) is 5.74. The van der Waals surface area contributed by atoms with Crippen LogP contribution in [-0.4, -0.2) is 14.1 Å². The van der Waals surface area contributed by atoms with E-state index in [1.165, 1.54) is 16.7 Å². The van der Waals surface area contributed by atoms with Gasteiger partial charge in [-0.15, -0.1) is 35.2 Å². The number of para-hydroxylation sites is 1. The van der Waals surface area contributed by atoms with E-state index in [0.717, 1.165) is 72.3 Å². The minimum absolute atomic E-state index is 0. The summed E-state index contributed by atoms with van der Waals surface area (Å²) in [6, 6.07) is 63.3. The molecular weight excluding hydrogens is 988 g/mol. The summed E-state index contributed by atoms with van der Waals surface area (Å²) in [4.78, 5) is 4.89. The van der Waals surface area contributed by atoms with E-state index in [2.05, 4.69) is 240 Å². The fourth-order valence-electron chi connectivity index (χ4n) is 8.69. The first kappa shape index (κ1) is 44.6. The minimum atomic E-state index is -0.0547. The summed E-state index contributed by atoms with van der Waals surface area (Å²) in [7, 11) is 0. The average Bonchev–Trinajstić information content (AvgIpc) is 3.84. The molecule has 332 valence electrons. The largest absolute Gasteiger partial charge is 0.510 e. The van der Waals surface area contributed by atoms with Gasteiger partial charge in [-0.1, -0.05) is 165 Å². The van der Waals surface area contributed by atoms with Gasteiger partial charge in [0, 0.05) is 44.3 Å². The maximum atomic E-state index is 6.90. The number of rotatable bonds is 7. The normalized spacial score (nSPS) is 12.2. The number of hydrogen-bond acceptors (Lipinski definition) is 2. The molecule has 0 atom stereocenters. The summed E-state index contributed by atoms with van der Waals surface area (Å²) in [5.41, 5.74) is 13.8. The quantitative estimate of drug-likeness (QED) is 0.118. The Kier molecular flexibility index (Phi) is 11.5. The van der Waals surface area contributed by atoms with Crippen molar-refractivity contribution in [2.24, 2.45) is 0 Å². The summed E-state index contributed by atoms with van der Waals surface area (Å²) in [5, 5.41) is 2.21. The smallest absolute Gasteiger partial charge is 0.268 e. The number of imidazole rings is 1. The van der Waals surface area contributed by atoms with Crippen LogP contribution in [0.15, 0.2) is 164 Å². The Morgan fingerprint density at radius 3 is 1.80 bits per heavy atom. The van der Waals surface area contributed by atoms with E-state index >= 15 is 0 Å². The van der Waals surface area contributed by atoms with Crippen LogP contribution in [0.4, 0.5) is 0 Å². The number of aromatic nitrogens is 4. The molecule has 10 rings (SSSR count). The number of pyridine rings is 1. The average molecular weight is 1040 g/mol. The third-order valence-electron chi connectivity index (χ3n) is 12.5. The Balaban J connectivity index is 0.00000548. The molecule has 6 heteroatoms. The van der Waals surface area contributed by atoms with Crippen molar-refractivity contribution in [3.63, 3.8) is 0 Å². The Hall–Kier alpha value is -6.55. The Morgan fingerprint density at radius 1 is 0.500 bits per heavy atom. The first-order valence-corrected chi connectivity index (χ1v) is 22.5. The molecule has 0 aliphatic heterocycles. The van der Waals surface area contributed by atoms with Crippen molar-refractivity contribution in [2.75, 3.05) is 0 Å². The molecule has 0 aliphatic rings. The third kappa shape index (κ3) is 8.54. The standard InChI is InChI=1S/C60H54N4O.Pt/c1-58(2,3)44-28-29-61-57(36-44)64-53-23-17-16-22-51(53)52-26-25-49(38-55(52)64)65-50-31-43(41-20-14-11-15-21-41)30-47(37-50)63-39-62(48-34-45(59(4,5)6)33-46(35-48)60(7,8)9)54-27-24-42(32-56(54)63)40-18-12-10-13-19-40;/h10-36H,1-9H3;/q-2;. The second kappa shape index (κ2) is 17.0. The molecule has 0 N–H and O–H groups in total. The van der Waals surface area contributed by atoms with Crippen LogP contribution in [0.2, 0.25) is 0 Å². The number of hydrogen-bond donors (Lipinski definition) is 0. The van der Waals surface area contributed by atoms with Gasteiger partial charge in [-0.05, 0) is 97.1 Å². The van der Waals surface area contributed by atoms with Crippen molar-refractivity contribution in [3.8, 4) is 50.9 Å². The van der Waals surface area contributed by atoms with Crippen LogP contribution in [0.1, 0.15) is 79.0 Å². The molecule has 3 aromatic heterocycles. The van der Waals surface area contributed by atoms with E-state index in [0.29, 0.717) is 11.5 Å². The zero-order valence-electron chi connectivity index (χ0n) is 39.1. The van der Waals surface area contributed by atoms with E-state index in [-0.39, 0.29) is 37.3 Å². The monoisotopic (exact) mass is 1040 g/mol. The van der Waals surface area contributed by atoms with E-state index in [4.69, 9.17) is 9.72 Å². The zero-order valence-corrected chi connectivity index (χ0v) is 41.4. The molecule has 0 amide bonds. The van der Waals surface area contributed by atoms with Crippen molar-refractivity contribution >= 4 is 32.8 Å². The SMILES string of the molecule is CC(C)(C)c1cc(-[n+]2[c-]n(-c3[c-]c(Oc4[c-]c5c(cc4)c4ccccc4n5-c4cc(C(C)(C)C)ccn4)cc(-c4ccccc4)c3)c3cc(-c4ccccc4)ccc32)cc(C(C)(C)C)c1.[Pt]. The first-order chi connectivity index (χ1) is 31.1. The maximum absolute atomic E-state index is 6.90. The molecule has 7 aromatic carbocycles. The third-order valence-corrected chi connectivity index (χ3v) is 12.5. The van der Waals surface area contributed by atoms with Crippen molar-refractivity contribution in [1.29, 1.82) is 0 Å². The number of fused-ring (bicyclic) bond motifs is 4. The number of ether oxygens (including phenoxy) is 1. The summed E-state index contributed by atoms with van der Waals surface area (Å²) in [5.74, 6) is 1.99. The van der Waals surface area contributed by atoms with Crippen molar-refractivity contribution in [1.82, 2.24) is 14.1 Å². The van der Waals surface area contributed by atoms with Gasteiger partial charge in [-0.2, -0.15) is 12.1 Å². The first-order valence-electron chi connectivity index (χ1n) is 22.5. The Labute approximate surface area is 403 Å². The van der Waals surface area contributed by atoms with Crippen LogP contribution in [0.25, 0.3) is 72.3 Å². The van der Waals surface area contributed by atoms with Crippen molar-refractivity contribution in [2.45, 2.75) is 78.6 Å². The zero-order chi connectivity index (χ0) is 45.3. The molecule has 10 aromatic rings. The molecule has 0 fully saturated rings. The van der Waals surface area contributed by atoms with Gasteiger partial charge in [-0.3, -0.25) is 4.57 Å². The van der Waals surface area contributed by atoms with Crippen molar-refractivity contribution in [3.05, 3.63) is 199 Å². The Bertz CT molecular complexity index is 3370. The van der Waals surface area contributed by atoms with Gasteiger partial charge in [0.2, 0.25) is 0 Å². The fourth-order valence-corrected chi connectivity index (χ4v) is 8.69. The van der Waals surface area contributed by atoms with Crippen molar-refractivity contribution < 1.29 is 30.4 Å². The summed E-state index contributed by atoms with van der Waals surface area (Å²) < 4.78 is 13.4. The second-order valence-electron chi connectivity index (χ2n) is 20.3. The molecule has 3 heterocycles. The topological polar surface area (TPSA) is 35.9 Å². The van der Waals surface area contributed by atoms with Crippen LogP contribution in [-0.2, 0) is 37.3 Å². The molecule has 0 bridgehead atoms. The predicted molar refractivity (Wildman–Crippen MR) is 267 cm³/mol. The number of benzene rings is 7. The van der Waals surface area contributed by atoms with Gasteiger partial charge >= 0.3 is 0 Å². The molecule has 0 radical (unpaired) electrons. The predicted octanol–water partition coefficient (Wildman–Crippen LogP) is 14.8. The molecule has 0 saturated heterocycles. The van der Waals surface area contributed by atoms with Gasteiger partial charge in [-0.25, -0.2) is 4.98 Å². The Morgan fingerprint density at radius 2 is 1.14 bits per heavy atom. The second-order valence-corrected chi connectivity index (χ2v) is 20.3. The van der Waals surface area contributed by atoms with Crippen LogP contribution in [0.5, 0.6) is 11.5 Å². The van der Waals surface area contributed by atoms with E-state index in [9.17, 15) is 0 Å². The molecule has 0 aliphatic carbocycles. The van der Waals surface area contributed by atoms with E-state index < -0.39 is 0 Å². The van der Waals surface area contributed by atoms with Crippen LogP contribution in [0, 0.1) is 18.5 Å². The number of nitrogens with zero attached hydrogens (tertiary/aromatic N) is 4. The summed E-state index contributed by atoms with van der Waals surface area (Å²) in [6.45, 7) is 20.4. The molecular formula is C60H54N4OPt-2. The molecule has 0 spiro atoms. The van der Waals surface area contributed by atoms with Crippen LogP contribution < -0.4 is 9.30 Å². The molecule has 0 unspecified atom stereocenters.